The Kier molecular flexibility index (Phi) is 4.30. The Hall–Kier alpha value is -2.74. The molecule has 0 saturated heterocycles. The van der Waals surface area contributed by atoms with Crippen molar-refractivity contribution in [3.8, 4) is 0 Å². The highest BCUT2D eigenvalue weighted by Gasteiger charge is 2.40. The third kappa shape index (κ3) is 3.00. The van der Waals surface area contributed by atoms with Crippen molar-refractivity contribution < 1.29 is 13.9 Å². The quantitative estimate of drug-likeness (QED) is 0.774. The Morgan fingerprint density at radius 2 is 2.04 bits per heavy atom. The van der Waals surface area contributed by atoms with E-state index in [1.165, 1.54) is 35.9 Å². The zero-order valence-electron chi connectivity index (χ0n) is 12.8. The largest absolute Gasteiger partial charge is 0.382 e. The van der Waals surface area contributed by atoms with E-state index in [4.69, 9.17) is 0 Å². The van der Waals surface area contributed by atoms with Gasteiger partial charge in [0.25, 0.3) is 0 Å². The molecule has 0 saturated carbocycles. The Bertz CT molecular complexity index is 813. The monoisotopic (exact) mass is 331 g/mol. The summed E-state index contributed by atoms with van der Waals surface area (Å²) < 4.78 is 29.0. The normalized spacial score (nSPS) is 15.0. The smallest absolute Gasteiger partial charge is 0.137 e. The van der Waals surface area contributed by atoms with E-state index in [1.807, 2.05) is 0 Å². The van der Waals surface area contributed by atoms with Gasteiger partial charge in [-0.2, -0.15) is 5.10 Å². The molecule has 1 aromatic carbocycles. The lowest BCUT2D eigenvalue weighted by atomic mass is 9.80. The first-order valence-corrected chi connectivity index (χ1v) is 7.27. The van der Waals surface area contributed by atoms with Crippen molar-refractivity contribution in [2.75, 3.05) is 0 Å². The lowest BCUT2D eigenvalue weighted by Crippen LogP contribution is -2.38. The van der Waals surface area contributed by atoms with Gasteiger partial charge in [-0.1, -0.05) is 13.0 Å². The molecular formula is C16H15F2N5O. The molecule has 24 heavy (non-hydrogen) atoms. The van der Waals surface area contributed by atoms with Crippen LogP contribution in [0.4, 0.5) is 8.78 Å². The van der Waals surface area contributed by atoms with E-state index in [1.54, 1.807) is 13.0 Å². The summed E-state index contributed by atoms with van der Waals surface area (Å²) in [4.78, 5) is 11.8. The zero-order chi connectivity index (χ0) is 17.2. The minimum atomic E-state index is -1.71. The van der Waals surface area contributed by atoms with Crippen LogP contribution in [0.5, 0.6) is 0 Å². The Morgan fingerprint density at radius 3 is 2.67 bits per heavy atom. The third-order valence-corrected chi connectivity index (χ3v) is 4.03. The molecule has 0 radical (unpaired) electrons. The van der Waals surface area contributed by atoms with Gasteiger partial charge in [0.2, 0.25) is 0 Å². The number of aromatic nitrogens is 5. The average molecular weight is 331 g/mol. The molecule has 2 atom stereocenters. The minimum absolute atomic E-state index is 0.0366. The second-order valence-electron chi connectivity index (χ2n) is 5.50. The number of benzene rings is 1. The highest BCUT2D eigenvalue weighted by atomic mass is 19.1. The predicted octanol–water partition coefficient (Wildman–Crippen LogP) is 2.04. The molecule has 0 aliphatic rings. The number of hydrogen-bond acceptors (Lipinski definition) is 5. The van der Waals surface area contributed by atoms with Crippen LogP contribution in [0.3, 0.4) is 0 Å². The van der Waals surface area contributed by atoms with E-state index in [0.29, 0.717) is 5.69 Å². The fourth-order valence-electron chi connectivity index (χ4n) is 2.66. The van der Waals surface area contributed by atoms with Crippen molar-refractivity contribution in [3.63, 3.8) is 0 Å². The van der Waals surface area contributed by atoms with Crippen molar-refractivity contribution in [1.29, 1.82) is 0 Å². The molecule has 1 unspecified atom stereocenters. The molecule has 3 aromatic rings. The maximum atomic E-state index is 14.4. The van der Waals surface area contributed by atoms with Gasteiger partial charge in [-0.05, 0) is 12.1 Å². The molecule has 0 aliphatic heterocycles. The summed E-state index contributed by atoms with van der Waals surface area (Å²) in [5.74, 6) is -2.16. The number of nitrogens with zero attached hydrogens (tertiary/aromatic N) is 5. The second-order valence-corrected chi connectivity index (χ2v) is 5.50. The topological polar surface area (TPSA) is 76.7 Å². The summed E-state index contributed by atoms with van der Waals surface area (Å²) >= 11 is 0. The minimum Gasteiger partial charge on any atom is -0.382 e. The highest BCUT2D eigenvalue weighted by molar-refractivity contribution is 5.29. The summed E-state index contributed by atoms with van der Waals surface area (Å²) in [5.41, 5.74) is -1.22. The molecule has 8 heteroatoms. The molecule has 0 bridgehead atoms. The van der Waals surface area contributed by atoms with Crippen molar-refractivity contribution in [2.45, 2.75) is 25.0 Å². The van der Waals surface area contributed by atoms with Crippen molar-refractivity contribution in [2.24, 2.45) is 0 Å². The van der Waals surface area contributed by atoms with E-state index in [-0.39, 0.29) is 12.1 Å². The standard InChI is InChI=1S/C16H15F2N5O/c1-11(15-4-5-19-8-21-15)16(24,7-23-10-20-9-22-23)13-3-2-12(17)6-14(13)18/h2-6,8-11,24H,7H2,1H3/t11-,16?/m0/s1. The first-order chi connectivity index (χ1) is 11.5. The van der Waals surface area contributed by atoms with Crippen molar-refractivity contribution >= 4 is 0 Å². The predicted molar refractivity (Wildman–Crippen MR) is 80.7 cm³/mol. The van der Waals surface area contributed by atoms with Gasteiger partial charge in [0, 0.05) is 29.4 Å². The number of aliphatic hydroxyl groups is 1. The van der Waals surface area contributed by atoms with E-state index in [2.05, 4.69) is 20.1 Å². The Labute approximate surface area is 136 Å². The van der Waals surface area contributed by atoms with E-state index < -0.39 is 23.2 Å². The molecule has 6 nitrogen and oxygen atoms in total. The first-order valence-electron chi connectivity index (χ1n) is 7.27. The van der Waals surface area contributed by atoms with Gasteiger partial charge in [-0.25, -0.2) is 28.4 Å². The first kappa shape index (κ1) is 16.1. The molecule has 0 aliphatic carbocycles. The Morgan fingerprint density at radius 1 is 1.21 bits per heavy atom. The summed E-state index contributed by atoms with van der Waals surface area (Å²) in [5, 5.41) is 15.3. The van der Waals surface area contributed by atoms with Gasteiger partial charge in [0.1, 0.15) is 36.2 Å². The van der Waals surface area contributed by atoms with Gasteiger partial charge in [0.05, 0.1) is 6.54 Å². The number of hydrogen-bond donors (Lipinski definition) is 1. The van der Waals surface area contributed by atoms with Gasteiger partial charge < -0.3 is 5.11 Å². The zero-order valence-corrected chi connectivity index (χ0v) is 12.8. The van der Waals surface area contributed by atoms with Crippen LogP contribution >= 0.6 is 0 Å². The summed E-state index contributed by atoms with van der Waals surface area (Å²) in [6.45, 7) is 1.64. The van der Waals surface area contributed by atoms with Crippen LogP contribution < -0.4 is 0 Å². The third-order valence-electron chi connectivity index (χ3n) is 4.03. The maximum absolute atomic E-state index is 14.4. The molecular weight excluding hydrogens is 316 g/mol. The second kappa shape index (κ2) is 6.40. The molecule has 3 rings (SSSR count). The SMILES string of the molecule is C[C@@H](c1ccncn1)C(O)(Cn1cncn1)c1ccc(F)cc1F. The summed E-state index contributed by atoms with van der Waals surface area (Å²) in [6.07, 6.45) is 5.62. The van der Waals surface area contributed by atoms with Crippen LogP contribution in [0.2, 0.25) is 0 Å². The van der Waals surface area contributed by atoms with Crippen LogP contribution in [0.1, 0.15) is 24.1 Å². The van der Waals surface area contributed by atoms with E-state index in [9.17, 15) is 13.9 Å². The van der Waals surface area contributed by atoms with E-state index in [0.717, 1.165) is 12.1 Å². The van der Waals surface area contributed by atoms with Crippen LogP contribution in [-0.2, 0) is 12.1 Å². The molecule has 124 valence electrons. The van der Waals surface area contributed by atoms with Crippen LogP contribution in [-0.4, -0.2) is 29.8 Å². The fourth-order valence-corrected chi connectivity index (χ4v) is 2.66. The molecule has 0 fully saturated rings. The van der Waals surface area contributed by atoms with Crippen molar-refractivity contribution in [1.82, 2.24) is 24.7 Å². The van der Waals surface area contributed by atoms with Crippen LogP contribution in [0.25, 0.3) is 0 Å². The average Bonchev–Trinajstić information content (AvgIpc) is 3.07. The van der Waals surface area contributed by atoms with E-state index >= 15 is 0 Å². The maximum Gasteiger partial charge on any atom is 0.137 e. The van der Waals surface area contributed by atoms with Crippen LogP contribution in [0, 0.1) is 11.6 Å². The molecule has 0 amide bonds. The molecule has 1 N–H and O–H groups in total. The van der Waals surface area contributed by atoms with Gasteiger partial charge in [0.15, 0.2) is 0 Å². The lowest BCUT2D eigenvalue weighted by Gasteiger charge is -2.34. The lowest BCUT2D eigenvalue weighted by molar-refractivity contribution is -0.0123. The van der Waals surface area contributed by atoms with Gasteiger partial charge >= 0.3 is 0 Å². The Balaban J connectivity index is 2.09. The highest BCUT2D eigenvalue weighted by Crippen LogP contribution is 2.38. The van der Waals surface area contributed by atoms with Crippen molar-refractivity contribution in [3.05, 3.63) is 72.3 Å². The van der Waals surface area contributed by atoms with Gasteiger partial charge in [-0.15, -0.1) is 0 Å². The number of rotatable bonds is 5. The fraction of sp³-hybridized carbons (Fsp3) is 0.250. The van der Waals surface area contributed by atoms with Crippen LogP contribution in [0.15, 0.2) is 49.4 Å². The molecule has 2 aromatic heterocycles. The van der Waals surface area contributed by atoms with Gasteiger partial charge in [-0.3, -0.25) is 0 Å². The number of halogens is 2. The molecule has 2 heterocycles. The molecule has 0 spiro atoms. The summed E-state index contributed by atoms with van der Waals surface area (Å²) in [7, 11) is 0. The summed E-state index contributed by atoms with van der Waals surface area (Å²) in [6, 6.07) is 4.73.